The quantitative estimate of drug-likeness (QED) is 0.290. The molecule has 1 aliphatic rings. The Hall–Kier alpha value is -5.25. The minimum Gasteiger partial charge on any atom is -0.465 e. The molecule has 10 nitrogen and oxygen atoms in total. The molecule has 1 atom stereocenters. The minimum atomic E-state index is -0.442. The maximum absolute atomic E-state index is 13.4. The molecule has 6 rings (SSSR count). The van der Waals surface area contributed by atoms with Gasteiger partial charge in [-0.3, -0.25) is 4.79 Å². The third-order valence-corrected chi connectivity index (χ3v) is 7.21. The van der Waals surface area contributed by atoms with Gasteiger partial charge in [0.1, 0.15) is 29.3 Å². The van der Waals surface area contributed by atoms with Crippen molar-refractivity contribution in [1.29, 1.82) is 0 Å². The van der Waals surface area contributed by atoms with Crippen molar-refractivity contribution in [1.82, 2.24) is 24.6 Å². The Morgan fingerprint density at radius 2 is 1.61 bits per heavy atom. The number of hydrogen-bond donors (Lipinski definition) is 1. The van der Waals surface area contributed by atoms with E-state index < -0.39 is 5.97 Å². The number of esters is 1. The molecule has 0 aliphatic carbocycles. The van der Waals surface area contributed by atoms with Crippen LogP contribution < -0.4 is 10.5 Å². The molecule has 206 valence electrons. The summed E-state index contributed by atoms with van der Waals surface area (Å²) in [5, 5.41) is 5.64. The van der Waals surface area contributed by atoms with Crippen molar-refractivity contribution < 1.29 is 19.1 Å². The van der Waals surface area contributed by atoms with Gasteiger partial charge in [0.15, 0.2) is 5.65 Å². The van der Waals surface area contributed by atoms with Crippen LogP contribution in [0.4, 0.5) is 5.82 Å². The van der Waals surface area contributed by atoms with Crippen LogP contribution in [0.3, 0.4) is 0 Å². The number of nitrogens with zero attached hydrogens (tertiary/aromatic N) is 5. The number of carbonyl (C=O) groups excluding carboxylic acids is 2. The highest BCUT2D eigenvalue weighted by Crippen LogP contribution is 2.35. The molecule has 2 aromatic heterocycles. The van der Waals surface area contributed by atoms with E-state index in [-0.39, 0.29) is 11.9 Å². The van der Waals surface area contributed by atoms with Crippen LogP contribution in [0.2, 0.25) is 0 Å². The van der Waals surface area contributed by atoms with E-state index >= 15 is 0 Å². The first kappa shape index (κ1) is 26.0. The Kier molecular flexibility index (Phi) is 7.03. The predicted molar refractivity (Wildman–Crippen MR) is 154 cm³/mol. The lowest BCUT2D eigenvalue weighted by molar-refractivity contribution is 0.0598. The predicted octanol–water partition coefficient (Wildman–Crippen LogP) is 5.13. The van der Waals surface area contributed by atoms with Crippen molar-refractivity contribution in [3.05, 3.63) is 96.3 Å². The van der Waals surface area contributed by atoms with Crippen molar-refractivity contribution in [2.75, 3.05) is 25.9 Å². The second-order valence-corrected chi connectivity index (χ2v) is 9.81. The summed E-state index contributed by atoms with van der Waals surface area (Å²) in [5.74, 6) is 1.25. The highest BCUT2D eigenvalue weighted by atomic mass is 16.5. The fourth-order valence-corrected chi connectivity index (χ4v) is 5.15. The summed E-state index contributed by atoms with van der Waals surface area (Å²) in [6.07, 6.45) is 3.07. The molecule has 1 aliphatic heterocycles. The number of rotatable bonds is 6. The molecule has 1 fully saturated rings. The first-order valence-electron chi connectivity index (χ1n) is 13.3. The average Bonchev–Trinajstić information content (AvgIpc) is 3.42. The molecule has 1 amide bonds. The van der Waals surface area contributed by atoms with Gasteiger partial charge in [0, 0.05) is 24.2 Å². The van der Waals surface area contributed by atoms with Crippen molar-refractivity contribution in [3.63, 3.8) is 0 Å². The summed E-state index contributed by atoms with van der Waals surface area (Å²) < 4.78 is 12.6. The summed E-state index contributed by atoms with van der Waals surface area (Å²) in [6, 6.07) is 23.6. The molecule has 3 aromatic carbocycles. The van der Waals surface area contributed by atoms with E-state index in [9.17, 15) is 9.59 Å². The van der Waals surface area contributed by atoms with E-state index in [1.54, 1.807) is 24.3 Å². The number of hydrogen-bond acceptors (Lipinski definition) is 8. The maximum atomic E-state index is 13.4. The van der Waals surface area contributed by atoms with Gasteiger partial charge in [0.05, 0.1) is 24.1 Å². The molecule has 0 spiro atoms. The molecule has 10 heteroatoms. The number of ether oxygens (including phenoxy) is 2. The van der Waals surface area contributed by atoms with Gasteiger partial charge in [-0.2, -0.15) is 5.10 Å². The lowest BCUT2D eigenvalue weighted by Gasteiger charge is -2.33. The summed E-state index contributed by atoms with van der Waals surface area (Å²) >= 11 is 0. The SMILES string of the molecule is COC(=O)c1ccc(C(=O)N2CCCC(n3nc(-c4ccc(Oc5ccccc5)cc4)c4c(N)ncnc43)C2)cc1. The van der Waals surface area contributed by atoms with Crippen LogP contribution in [0.15, 0.2) is 85.2 Å². The summed E-state index contributed by atoms with van der Waals surface area (Å²) in [6.45, 7) is 1.09. The number of nitrogen functional groups attached to an aromatic ring is 1. The Morgan fingerprint density at radius 1 is 0.902 bits per heavy atom. The number of amides is 1. The zero-order chi connectivity index (χ0) is 28.3. The average molecular weight is 549 g/mol. The zero-order valence-corrected chi connectivity index (χ0v) is 22.4. The van der Waals surface area contributed by atoms with E-state index in [2.05, 4.69) is 9.97 Å². The van der Waals surface area contributed by atoms with E-state index in [0.29, 0.717) is 52.5 Å². The largest absolute Gasteiger partial charge is 0.465 e. The molecule has 2 N–H and O–H groups in total. The second-order valence-electron chi connectivity index (χ2n) is 9.81. The Labute approximate surface area is 236 Å². The first-order valence-corrected chi connectivity index (χ1v) is 13.3. The molecule has 0 bridgehead atoms. The molecule has 5 aromatic rings. The van der Waals surface area contributed by atoms with E-state index in [1.165, 1.54) is 13.4 Å². The number of benzene rings is 3. The third-order valence-electron chi connectivity index (χ3n) is 7.21. The Morgan fingerprint density at radius 3 is 2.34 bits per heavy atom. The summed E-state index contributed by atoms with van der Waals surface area (Å²) in [4.78, 5) is 35.7. The lowest BCUT2D eigenvalue weighted by Crippen LogP contribution is -2.41. The van der Waals surface area contributed by atoms with Crippen molar-refractivity contribution in [2.24, 2.45) is 0 Å². The van der Waals surface area contributed by atoms with Crippen LogP contribution in [-0.2, 0) is 4.74 Å². The fraction of sp³-hybridized carbons (Fsp3) is 0.194. The normalized spacial score (nSPS) is 15.0. The lowest BCUT2D eigenvalue weighted by atomic mass is 10.0. The van der Waals surface area contributed by atoms with E-state index in [1.807, 2.05) is 64.2 Å². The van der Waals surface area contributed by atoms with Gasteiger partial charge >= 0.3 is 5.97 Å². The number of piperidine rings is 1. The third kappa shape index (κ3) is 5.19. The van der Waals surface area contributed by atoms with Gasteiger partial charge in [-0.1, -0.05) is 18.2 Å². The van der Waals surface area contributed by atoms with Crippen molar-refractivity contribution in [3.8, 4) is 22.8 Å². The molecule has 1 saturated heterocycles. The van der Waals surface area contributed by atoms with Crippen LogP contribution >= 0.6 is 0 Å². The number of likely N-dealkylation sites (tertiary alicyclic amines) is 1. The van der Waals surface area contributed by atoms with E-state index in [4.69, 9.17) is 20.3 Å². The molecule has 0 saturated carbocycles. The van der Waals surface area contributed by atoms with Gasteiger partial charge in [0.25, 0.3) is 5.91 Å². The number of methoxy groups -OCH3 is 1. The van der Waals surface area contributed by atoms with Crippen LogP contribution in [0.5, 0.6) is 11.5 Å². The first-order chi connectivity index (χ1) is 20.0. The topological polar surface area (TPSA) is 125 Å². The van der Waals surface area contributed by atoms with Gasteiger partial charge in [-0.15, -0.1) is 0 Å². The fourth-order valence-electron chi connectivity index (χ4n) is 5.15. The van der Waals surface area contributed by atoms with Gasteiger partial charge in [-0.25, -0.2) is 19.4 Å². The number of aromatic nitrogens is 4. The van der Waals surface area contributed by atoms with Crippen molar-refractivity contribution in [2.45, 2.75) is 18.9 Å². The van der Waals surface area contributed by atoms with Gasteiger partial charge in [-0.05, 0) is 73.5 Å². The monoisotopic (exact) mass is 548 g/mol. The second kappa shape index (κ2) is 11.1. The number of nitrogens with two attached hydrogens (primary N) is 1. The highest BCUT2D eigenvalue weighted by molar-refractivity contribution is 5.98. The molecule has 3 heterocycles. The molecule has 1 unspecified atom stereocenters. The molecular formula is C31H28N6O4. The van der Waals surface area contributed by atoms with Crippen LogP contribution in [0.1, 0.15) is 39.6 Å². The van der Waals surface area contributed by atoms with Crippen LogP contribution in [0, 0.1) is 0 Å². The zero-order valence-electron chi connectivity index (χ0n) is 22.4. The minimum absolute atomic E-state index is 0.103. The van der Waals surface area contributed by atoms with E-state index in [0.717, 1.165) is 24.2 Å². The Bertz CT molecular complexity index is 1700. The summed E-state index contributed by atoms with van der Waals surface area (Å²) in [7, 11) is 1.33. The number of carbonyl (C=O) groups is 2. The van der Waals surface area contributed by atoms with Gasteiger partial charge < -0.3 is 20.1 Å². The van der Waals surface area contributed by atoms with Crippen LogP contribution in [0.25, 0.3) is 22.3 Å². The summed E-state index contributed by atoms with van der Waals surface area (Å²) in [5.41, 5.74) is 9.39. The maximum Gasteiger partial charge on any atom is 0.337 e. The standard InChI is InChI=1S/C31H28N6O4/c1-40-31(39)22-11-9-21(10-12-22)30(38)36-17-5-6-23(18-36)37-29-26(28(32)33-19-34-29)27(35-37)20-13-15-25(16-14-20)41-24-7-3-2-4-8-24/h2-4,7-16,19,23H,5-6,17-18H2,1H3,(H2,32,33,34). The van der Waals surface area contributed by atoms with Crippen LogP contribution in [-0.4, -0.2) is 56.7 Å². The molecule has 41 heavy (non-hydrogen) atoms. The number of anilines is 1. The smallest absolute Gasteiger partial charge is 0.337 e. The number of fused-ring (bicyclic) bond motifs is 1. The molecule has 0 radical (unpaired) electrons. The van der Waals surface area contributed by atoms with Gasteiger partial charge in [0.2, 0.25) is 0 Å². The Balaban J connectivity index is 1.27. The molecular weight excluding hydrogens is 520 g/mol. The highest BCUT2D eigenvalue weighted by Gasteiger charge is 2.29. The van der Waals surface area contributed by atoms with Crippen molar-refractivity contribution >= 4 is 28.7 Å². The number of para-hydroxylation sites is 1.